The summed E-state index contributed by atoms with van der Waals surface area (Å²) in [6.45, 7) is 2.62. The molecule has 0 aromatic heterocycles. The van der Waals surface area contributed by atoms with Crippen molar-refractivity contribution in [3.8, 4) is 5.75 Å². The Hall–Kier alpha value is -1.42. The van der Waals surface area contributed by atoms with Gasteiger partial charge in [0, 0.05) is 11.6 Å². The zero-order chi connectivity index (χ0) is 11.0. The van der Waals surface area contributed by atoms with Crippen molar-refractivity contribution in [3.63, 3.8) is 0 Å². The van der Waals surface area contributed by atoms with Crippen molar-refractivity contribution in [3.05, 3.63) is 18.2 Å². The average molecular weight is 220 g/mol. The molecular weight excluding hydrogens is 204 g/mol. The minimum Gasteiger partial charge on any atom is -0.486 e. The predicted octanol–water partition coefficient (Wildman–Crippen LogP) is 1.48. The summed E-state index contributed by atoms with van der Waals surface area (Å²) in [6.07, 6.45) is 1.32. The topological polar surface area (TPSA) is 56.5 Å². The maximum absolute atomic E-state index is 5.92. The zero-order valence-electron chi connectivity index (χ0n) is 9.11. The van der Waals surface area contributed by atoms with E-state index < -0.39 is 0 Å². The second-order valence-corrected chi connectivity index (χ2v) is 4.52. The van der Waals surface area contributed by atoms with Gasteiger partial charge in [0.15, 0.2) is 0 Å². The van der Waals surface area contributed by atoms with E-state index in [1.54, 1.807) is 0 Å². The third-order valence-electron chi connectivity index (χ3n) is 3.12. The van der Waals surface area contributed by atoms with Gasteiger partial charge in [-0.05, 0) is 24.6 Å². The van der Waals surface area contributed by atoms with Crippen LogP contribution in [0.4, 0.5) is 11.4 Å². The quantitative estimate of drug-likeness (QED) is 0.741. The number of nitrogen functional groups attached to an aromatic ring is 1. The molecule has 4 nitrogen and oxygen atoms in total. The number of nitrogens with one attached hydrogen (secondary N) is 1. The SMILES string of the molecule is Nc1ccc2c(c1)NCC(CC1COC1)O2. The molecule has 1 unspecified atom stereocenters. The Labute approximate surface area is 94.7 Å². The summed E-state index contributed by atoms with van der Waals surface area (Å²) in [5.41, 5.74) is 7.48. The Kier molecular flexibility index (Phi) is 2.36. The lowest BCUT2D eigenvalue weighted by atomic mass is 9.99. The van der Waals surface area contributed by atoms with E-state index in [9.17, 15) is 0 Å². The number of nitrogens with two attached hydrogens (primary N) is 1. The van der Waals surface area contributed by atoms with Gasteiger partial charge in [0.1, 0.15) is 11.9 Å². The van der Waals surface area contributed by atoms with Crippen molar-refractivity contribution in [1.29, 1.82) is 0 Å². The second-order valence-electron chi connectivity index (χ2n) is 4.52. The molecule has 3 N–H and O–H groups in total. The smallest absolute Gasteiger partial charge is 0.143 e. The third kappa shape index (κ3) is 1.80. The lowest BCUT2D eigenvalue weighted by Gasteiger charge is -2.33. The van der Waals surface area contributed by atoms with E-state index in [4.69, 9.17) is 15.2 Å². The molecule has 4 heteroatoms. The normalized spacial score (nSPS) is 23.9. The summed E-state index contributed by atoms with van der Waals surface area (Å²) in [5, 5.41) is 3.36. The first-order valence-electron chi connectivity index (χ1n) is 5.69. The summed E-state index contributed by atoms with van der Waals surface area (Å²) in [4.78, 5) is 0. The molecule has 0 amide bonds. The molecule has 3 rings (SSSR count). The highest BCUT2D eigenvalue weighted by molar-refractivity contribution is 5.64. The summed E-state index contributed by atoms with van der Waals surface area (Å²) in [5.74, 6) is 1.58. The molecule has 1 aromatic carbocycles. The van der Waals surface area contributed by atoms with Gasteiger partial charge in [0.05, 0.1) is 25.4 Å². The maximum Gasteiger partial charge on any atom is 0.143 e. The molecule has 0 spiro atoms. The van der Waals surface area contributed by atoms with Crippen LogP contribution in [0.5, 0.6) is 5.75 Å². The molecular formula is C12H16N2O2. The van der Waals surface area contributed by atoms with Crippen LogP contribution in [0.25, 0.3) is 0 Å². The summed E-state index contributed by atoms with van der Waals surface area (Å²) >= 11 is 0. The highest BCUT2D eigenvalue weighted by atomic mass is 16.5. The fourth-order valence-electron chi connectivity index (χ4n) is 2.16. The largest absolute Gasteiger partial charge is 0.486 e. The standard InChI is InChI=1S/C12H16N2O2/c13-9-1-2-12-11(4-9)14-5-10(16-12)3-8-6-15-7-8/h1-2,4,8,10,14H,3,5-7,13H2. The van der Waals surface area contributed by atoms with E-state index in [1.807, 2.05) is 18.2 Å². The van der Waals surface area contributed by atoms with Crippen LogP contribution in [0.1, 0.15) is 6.42 Å². The number of rotatable bonds is 2. The van der Waals surface area contributed by atoms with Crippen molar-refractivity contribution in [2.45, 2.75) is 12.5 Å². The Bertz CT molecular complexity index is 391. The first kappa shape index (κ1) is 9.78. The Morgan fingerprint density at radius 1 is 1.38 bits per heavy atom. The second kappa shape index (κ2) is 3.87. The van der Waals surface area contributed by atoms with Crippen LogP contribution in [0, 0.1) is 5.92 Å². The third-order valence-corrected chi connectivity index (χ3v) is 3.12. The van der Waals surface area contributed by atoms with Gasteiger partial charge in [-0.25, -0.2) is 0 Å². The van der Waals surface area contributed by atoms with E-state index in [0.29, 0.717) is 5.92 Å². The maximum atomic E-state index is 5.92. The van der Waals surface area contributed by atoms with Crippen molar-refractivity contribution >= 4 is 11.4 Å². The fraction of sp³-hybridized carbons (Fsp3) is 0.500. The number of fused-ring (bicyclic) bond motifs is 1. The molecule has 1 atom stereocenters. The molecule has 0 aliphatic carbocycles. The molecule has 2 aliphatic rings. The van der Waals surface area contributed by atoms with Crippen LogP contribution in [-0.2, 0) is 4.74 Å². The highest BCUT2D eigenvalue weighted by Gasteiger charge is 2.26. The van der Waals surface area contributed by atoms with Gasteiger partial charge in [0.2, 0.25) is 0 Å². The Balaban J connectivity index is 1.68. The first-order chi connectivity index (χ1) is 7.81. The van der Waals surface area contributed by atoms with Gasteiger partial charge in [-0.1, -0.05) is 0 Å². The molecule has 0 radical (unpaired) electrons. The van der Waals surface area contributed by atoms with Gasteiger partial charge in [0.25, 0.3) is 0 Å². The first-order valence-corrected chi connectivity index (χ1v) is 5.69. The van der Waals surface area contributed by atoms with Crippen LogP contribution < -0.4 is 15.8 Å². The number of ether oxygens (including phenoxy) is 2. The molecule has 86 valence electrons. The average Bonchev–Trinajstić information content (AvgIpc) is 2.23. The van der Waals surface area contributed by atoms with Crippen LogP contribution in [0.15, 0.2) is 18.2 Å². The van der Waals surface area contributed by atoms with E-state index in [1.165, 1.54) is 0 Å². The summed E-state index contributed by atoms with van der Waals surface area (Å²) in [6, 6.07) is 5.72. The molecule has 2 heterocycles. The van der Waals surface area contributed by atoms with Crippen molar-refractivity contribution in [1.82, 2.24) is 0 Å². The van der Waals surface area contributed by atoms with Crippen LogP contribution >= 0.6 is 0 Å². The monoisotopic (exact) mass is 220 g/mol. The summed E-state index contributed by atoms with van der Waals surface area (Å²) < 4.78 is 11.1. The molecule has 1 aromatic rings. The van der Waals surface area contributed by atoms with E-state index in [2.05, 4.69) is 5.32 Å². The molecule has 2 aliphatic heterocycles. The minimum atomic E-state index is 0.255. The van der Waals surface area contributed by atoms with E-state index in [0.717, 1.165) is 43.3 Å². The zero-order valence-corrected chi connectivity index (χ0v) is 9.11. The van der Waals surface area contributed by atoms with Crippen LogP contribution in [0.3, 0.4) is 0 Å². The molecule has 1 saturated heterocycles. The number of hydrogen-bond acceptors (Lipinski definition) is 4. The number of hydrogen-bond donors (Lipinski definition) is 2. The lowest BCUT2D eigenvalue weighted by Crippen LogP contribution is -2.38. The van der Waals surface area contributed by atoms with Gasteiger partial charge in [-0.15, -0.1) is 0 Å². The molecule has 1 fully saturated rings. The van der Waals surface area contributed by atoms with E-state index in [-0.39, 0.29) is 6.10 Å². The fourth-order valence-corrected chi connectivity index (χ4v) is 2.16. The Morgan fingerprint density at radius 2 is 2.25 bits per heavy atom. The van der Waals surface area contributed by atoms with Gasteiger partial charge in [-0.3, -0.25) is 0 Å². The Morgan fingerprint density at radius 3 is 3.00 bits per heavy atom. The van der Waals surface area contributed by atoms with Crippen molar-refractivity contribution < 1.29 is 9.47 Å². The predicted molar refractivity (Wildman–Crippen MR) is 62.7 cm³/mol. The summed E-state index contributed by atoms with van der Waals surface area (Å²) in [7, 11) is 0. The van der Waals surface area contributed by atoms with E-state index >= 15 is 0 Å². The van der Waals surface area contributed by atoms with Gasteiger partial charge < -0.3 is 20.5 Å². The number of anilines is 2. The van der Waals surface area contributed by atoms with Gasteiger partial charge >= 0.3 is 0 Å². The van der Waals surface area contributed by atoms with Crippen molar-refractivity contribution in [2.24, 2.45) is 5.92 Å². The van der Waals surface area contributed by atoms with Crippen LogP contribution in [-0.4, -0.2) is 25.9 Å². The molecule has 0 saturated carbocycles. The molecule has 16 heavy (non-hydrogen) atoms. The highest BCUT2D eigenvalue weighted by Crippen LogP contribution is 2.32. The lowest BCUT2D eigenvalue weighted by molar-refractivity contribution is -0.0490. The van der Waals surface area contributed by atoms with Gasteiger partial charge in [-0.2, -0.15) is 0 Å². The molecule has 0 bridgehead atoms. The van der Waals surface area contributed by atoms with Crippen LogP contribution in [0.2, 0.25) is 0 Å². The van der Waals surface area contributed by atoms with Crippen molar-refractivity contribution in [2.75, 3.05) is 30.8 Å². The minimum absolute atomic E-state index is 0.255. The number of benzene rings is 1.